The second-order valence-corrected chi connectivity index (χ2v) is 15.4. The summed E-state index contributed by atoms with van der Waals surface area (Å²) in [4.78, 5) is 26.1. The molecule has 6 aromatic heterocycles. The van der Waals surface area contributed by atoms with E-state index in [9.17, 15) is 50.4 Å². The topological polar surface area (TPSA) is 77.3 Å². The van der Waals surface area contributed by atoms with E-state index in [0.717, 1.165) is 65.4 Å². The van der Waals surface area contributed by atoms with E-state index in [1.165, 1.54) is 0 Å². The maximum atomic E-state index is 9.87. The van der Waals surface area contributed by atoms with Crippen LogP contribution < -0.4 is 0 Å². The number of rotatable bonds is 0. The van der Waals surface area contributed by atoms with E-state index < -0.39 is 15.6 Å². The van der Waals surface area contributed by atoms with Gasteiger partial charge in [0.2, 0.25) is 0 Å². The fourth-order valence-corrected chi connectivity index (χ4v) is 5.04. The van der Waals surface area contributed by atoms with Crippen LogP contribution in [0.1, 0.15) is 0 Å². The van der Waals surface area contributed by atoms with Gasteiger partial charge in [-0.2, -0.15) is 0 Å². The largest absolute Gasteiger partial charge is 2.00 e. The van der Waals surface area contributed by atoms with E-state index in [1.807, 2.05) is 36.4 Å². The van der Waals surface area contributed by atoms with Crippen molar-refractivity contribution in [3.8, 4) is 0 Å². The third kappa shape index (κ3) is 15.7. The molecule has 0 aliphatic carbocycles. The minimum absolute atomic E-state index is 0. The third-order valence-corrected chi connectivity index (χ3v) is 7.03. The first-order valence-corrected chi connectivity index (χ1v) is 19.7. The number of benzene rings is 3. The summed E-state index contributed by atoms with van der Waals surface area (Å²) in [5.41, 5.74) is 5.86. The smallest absolute Gasteiger partial charge is 0.254 e. The van der Waals surface area contributed by atoms with Crippen LogP contribution in [0.15, 0.2) is 146 Å². The van der Waals surface area contributed by atoms with Gasteiger partial charge in [-0.05, 0) is 36.4 Å². The number of hydrogen-bond donors (Lipinski definition) is 0. The summed E-state index contributed by atoms with van der Waals surface area (Å²) in [7, 11) is -21.3. The predicted molar refractivity (Wildman–Crippen MR) is 198 cm³/mol. The second kappa shape index (κ2) is 15.3. The summed E-state index contributed by atoms with van der Waals surface area (Å²) < 4.78 is 118. The molecule has 0 aliphatic rings. The molecule has 0 fully saturated rings. The minimum atomic E-state index is -10.7. The summed E-state index contributed by atoms with van der Waals surface area (Å²) in [6.07, 6.45) is 10.8. The van der Waals surface area contributed by atoms with E-state index in [4.69, 9.17) is 0 Å². The van der Waals surface area contributed by atoms with Crippen molar-refractivity contribution in [1.29, 1.82) is 0 Å². The number of aromatic nitrogens is 6. The van der Waals surface area contributed by atoms with Gasteiger partial charge < -0.3 is 0 Å². The van der Waals surface area contributed by atoms with Crippen LogP contribution in [0.3, 0.4) is 0 Å². The molecule has 0 amide bonds. The van der Waals surface area contributed by atoms with Crippen LogP contribution in [0, 0.1) is 0 Å². The van der Waals surface area contributed by atoms with Gasteiger partial charge >= 0.3 is 85.5 Å². The molecular formula is C36H24F12N6P2Ru. The second-order valence-electron chi connectivity index (χ2n) is 11.6. The molecule has 57 heavy (non-hydrogen) atoms. The van der Waals surface area contributed by atoms with E-state index >= 15 is 0 Å². The van der Waals surface area contributed by atoms with Crippen LogP contribution in [-0.2, 0) is 19.5 Å². The van der Waals surface area contributed by atoms with Gasteiger partial charge in [0, 0.05) is 69.5 Å². The zero-order valence-electron chi connectivity index (χ0n) is 28.3. The number of nitrogens with zero attached hydrogens (tertiary/aromatic N) is 6. The van der Waals surface area contributed by atoms with Gasteiger partial charge in [-0.25, -0.2) is 0 Å². The molecule has 0 N–H and O–H groups in total. The molecule has 0 radical (unpaired) electrons. The number of pyridine rings is 6. The van der Waals surface area contributed by atoms with Crippen LogP contribution in [0.25, 0.3) is 65.4 Å². The van der Waals surface area contributed by atoms with Crippen LogP contribution in [0.5, 0.6) is 0 Å². The fourth-order valence-electron chi connectivity index (χ4n) is 5.04. The Balaban J connectivity index is 0.000000163. The van der Waals surface area contributed by atoms with E-state index in [1.54, 1.807) is 37.2 Å². The molecule has 21 heteroatoms. The van der Waals surface area contributed by atoms with Crippen LogP contribution in [0.4, 0.5) is 50.4 Å². The molecule has 0 saturated heterocycles. The molecule has 0 saturated carbocycles. The Hall–Kier alpha value is -5.24. The van der Waals surface area contributed by atoms with Crippen LogP contribution >= 0.6 is 15.6 Å². The molecule has 0 unspecified atom stereocenters. The van der Waals surface area contributed by atoms with Gasteiger partial charge in [0.25, 0.3) is 0 Å². The van der Waals surface area contributed by atoms with Crippen molar-refractivity contribution in [1.82, 2.24) is 29.9 Å². The summed E-state index contributed by atoms with van der Waals surface area (Å²) in [5.74, 6) is 0. The Bertz CT molecular complexity index is 2360. The quantitative estimate of drug-likeness (QED) is 0.0652. The van der Waals surface area contributed by atoms with E-state index in [-0.39, 0.29) is 19.5 Å². The molecular weight excluding hydrogens is 907 g/mol. The minimum Gasteiger partial charge on any atom is -0.254 e. The SMILES string of the molecule is F[P-](F)(F)(F)(F)F.F[P-](F)(F)(F)(F)F.[Ru+2].c1cnc2c(c1)ccc1cccnc12.c1cnc2c(c1)ccc1cccnc12.c1cnc2c(c1)ccc1cccnc12. The normalized spacial score (nSPS) is 13.7. The van der Waals surface area contributed by atoms with Crippen molar-refractivity contribution in [2.24, 2.45) is 0 Å². The third-order valence-electron chi connectivity index (χ3n) is 7.03. The fraction of sp³-hybridized carbons (Fsp3) is 0. The van der Waals surface area contributed by atoms with E-state index in [2.05, 4.69) is 103 Å². The Kier molecular flexibility index (Phi) is 11.9. The Morgan fingerprint density at radius 3 is 0.491 bits per heavy atom. The summed E-state index contributed by atoms with van der Waals surface area (Å²) in [5, 5.41) is 6.83. The summed E-state index contributed by atoms with van der Waals surface area (Å²) in [6, 6.07) is 36.4. The van der Waals surface area contributed by atoms with Crippen molar-refractivity contribution >= 4 is 81.0 Å². The first-order valence-electron chi connectivity index (χ1n) is 15.6. The zero-order chi connectivity index (χ0) is 41.0. The molecule has 0 spiro atoms. The zero-order valence-corrected chi connectivity index (χ0v) is 31.9. The predicted octanol–water partition coefficient (Wildman–Crippen LogP) is 15.1. The van der Waals surface area contributed by atoms with Gasteiger partial charge in [-0.3, -0.25) is 29.9 Å². The molecule has 0 aliphatic heterocycles. The first-order chi connectivity index (χ1) is 25.7. The Morgan fingerprint density at radius 2 is 0.368 bits per heavy atom. The maximum Gasteiger partial charge on any atom is 2.00 e. The number of fused-ring (bicyclic) bond motifs is 9. The summed E-state index contributed by atoms with van der Waals surface area (Å²) in [6.45, 7) is 0. The van der Waals surface area contributed by atoms with Gasteiger partial charge in [-0.1, -0.05) is 72.8 Å². The van der Waals surface area contributed by atoms with Crippen molar-refractivity contribution in [3.63, 3.8) is 0 Å². The van der Waals surface area contributed by atoms with Gasteiger partial charge in [-0.15, -0.1) is 0 Å². The average molecular weight is 932 g/mol. The van der Waals surface area contributed by atoms with Gasteiger partial charge in [0.15, 0.2) is 0 Å². The first kappa shape index (κ1) is 44.5. The molecule has 6 heterocycles. The number of hydrogen-bond acceptors (Lipinski definition) is 6. The van der Waals surface area contributed by atoms with Gasteiger partial charge in [0.05, 0.1) is 33.1 Å². The standard InChI is InChI=1S/3C12H8N2.2F6P.Ru/c3*1-3-9-5-6-10-4-2-8-14-12(10)11(9)13-7-1;2*1-7(2,3,4,5)6;/h3*1-8H;;;/q;;;2*-1;+2. The molecule has 0 bridgehead atoms. The monoisotopic (exact) mass is 932 g/mol. The molecule has 300 valence electrons. The van der Waals surface area contributed by atoms with E-state index in [0.29, 0.717) is 0 Å². The molecule has 0 atom stereocenters. The average Bonchev–Trinajstić information content (AvgIpc) is 3.13. The summed E-state index contributed by atoms with van der Waals surface area (Å²) >= 11 is 0. The Labute approximate surface area is 326 Å². The van der Waals surface area contributed by atoms with Crippen molar-refractivity contribution in [2.45, 2.75) is 0 Å². The molecule has 3 aromatic carbocycles. The van der Waals surface area contributed by atoms with Crippen LogP contribution in [-0.4, -0.2) is 29.9 Å². The molecule has 6 nitrogen and oxygen atoms in total. The van der Waals surface area contributed by atoms with Crippen molar-refractivity contribution in [3.05, 3.63) is 146 Å². The van der Waals surface area contributed by atoms with Gasteiger partial charge in [0.1, 0.15) is 0 Å². The van der Waals surface area contributed by atoms with Crippen molar-refractivity contribution in [2.75, 3.05) is 0 Å². The maximum absolute atomic E-state index is 10.7. The van der Waals surface area contributed by atoms with Crippen LogP contribution in [0.2, 0.25) is 0 Å². The number of halogens is 12. The Morgan fingerprint density at radius 1 is 0.246 bits per heavy atom. The van der Waals surface area contributed by atoms with Crippen molar-refractivity contribution < 1.29 is 69.8 Å². The molecule has 9 aromatic rings. The molecule has 9 rings (SSSR count).